The third kappa shape index (κ3) is 4.54. The number of nitrogens with one attached hydrogen (secondary N) is 3. The molecule has 0 unspecified atom stereocenters. The number of anilines is 2. The summed E-state index contributed by atoms with van der Waals surface area (Å²) >= 11 is 5.87. The molecule has 15 heteroatoms. The maximum Gasteiger partial charge on any atom is 0.280 e. The number of hydrogen-bond donors (Lipinski definition) is 3. The summed E-state index contributed by atoms with van der Waals surface area (Å²) in [5.74, 6) is -0.995. The Morgan fingerprint density at radius 3 is 2.57 bits per heavy atom. The van der Waals surface area contributed by atoms with Gasteiger partial charge < -0.3 is 5.32 Å². The van der Waals surface area contributed by atoms with E-state index in [0.29, 0.717) is 5.56 Å². The predicted molar refractivity (Wildman–Crippen MR) is 136 cm³/mol. The zero-order valence-electron chi connectivity index (χ0n) is 18.8. The fraction of sp³-hybridized carbons (Fsp3) is 0.0909. The maximum absolute atomic E-state index is 13.6. The molecule has 0 saturated heterocycles. The largest absolute Gasteiger partial charge is 0.339 e. The van der Waals surface area contributed by atoms with Crippen molar-refractivity contribution < 1.29 is 21.2 Å². The first kappa shape index (κ1) is 24.8. The Morgan fingerprint density at radius 1 is 1.11 bits per heavy atom. The molecule has 0 fully saturated rings. The average Bonchev–Trinajstić information content (AvgIpc) is 3.28. The summed E-state index contributed by atoms with van der Waals surface area (Å²) in [6, 6.07) is 10.7. The second-order valence-electron chi connectivity index (χ2n) is 8.24. The SMILES string of the molecule is CS(=O)(=O)Nc1ccc2c(c1)S(=O)(=O)NC(=c1c(=O)c3cccn3n(Cc3ccc(F)c(Cl)c3)c1=O)N2. The second-order valence-corrected chi connectivity index (χ2v) is 12.1. The summed E-state index contributed by atoms with van der Waals surface area (Å²) in [6.45, 7) is -0.103. The van der Waals surface area contributed by atoms with Gasteiger partial charge in [0.1, 0.15) is 27.3 Å². The van der Waals surface area contributed by atoms with E-state index in [9.17, 15) is 30.8 Å². The molecule has 192 valence electrons. The minimum Gasteiger partial charge on any atom is -0.339 e. The zero-order chi connectivity index (χ0) is 26.7. The highest BCUT2D eigenvalue weighted by Crippen LogP contribution is 2.30. The van der Waals surface area contributed by atoms with Crippen LogP contribution < -0.4 is 31.0 Å². The van der Waals surface area contributed by atoms with Gasteiger partial charge in [-0.25, -0.2) is 25.9 Å². The number of halogens is 2. The molecular weight excluding hydrogens is 549 g/mol. The quantitative estimate of drug-likeness (QED) is 0.332. The van der Waals surface area contributed by atoms with Gasteiger partial charge in [-0.2, -0.15) is 0 Å². The van der Waals surface area contributed by atoms with Crippen LogP contribution in [0.1, 0.15) is 5.56 Å². The first-order valence-electron chi connectivity index (χ1n) is 10.5. The molecule has 3 heterocycles. The number of rotatable bonds is 4. The van der Waals surface area contributed by atoms with Gasteiger partial charge in [0.05, 0.1) is 23.5 Å². The van der Waals surface area contributed by atoms with Gasteiger partial charge in [0.25, 0.3) is 15.6 Å². The Balaban J connectivity index is 1.71. The van der Waals surface area contributed by atoms with E-state index in [1.165, 1.54) is 45.7 Å². The molecular formula is C22H17ClFN5O6S2. The molecule has 3 N–H and O–H groups in total. The number of aromatic nitrogens is 2. The first-order valence-corrected chi connectivity index (χ1v) is 14.2. The minimum absolute atomic E-state index is 0.0105. The van der Waals surface area contributed by atoms with Crippen molar-refractivity contribution in [1.29, 1.82) is 0 Å². The molecule has 0 amide bonds. The van der Waals surface area contributed by atoms with Gasteiger partial charge in [0.2, 0.25) is 15.5 Å². The van der Waals surface area contributed by atoms with E-state index in [4.69, 9.17) is 11.6 Å². The van der Waals surface area contributed by atoms with Crippen molar-refractivity contribution in [2.24, 2.45) is 0 Å². The van der Waals surface area contributed by atoms with Crippen molar-refractivity contribution in [2.45, 2.75) is 11.4 Å². The van der Waals surface area contributed by atoms with Crippen molar-refractivity contribution in [3.63, 3.8) is 0 Å². The lowest BCUT2D eigenvalue weighted by Gasteiger charge is -2.23. The Labute approximate surface area is 213 Å². The maximum atomic E-state index is 13.6. The number of sulfonamides is 2. The van der Waals surface area contributed by atoms with E-state index >= 15 is 0 Å². The van der Waals surface area contributed by atoms with Gasteiger partial charge >= 0.3 is 0 Å². The van der Waals surface area contributed by atoms with Crippen LogP contribution >= 0.6 is 11.6 Å². The van der Waals surface area contributed by atoms with Crippen molar-refractivity contribution in [3.05, 3.63) is 96.9 Å². The smallest absolute Gasteiger partial charge is 0.280 e. The van der Waals surface area contributed by atoms with Gasteiger partial charge in [-0.15, -0.1) is 0 Å². The molecule has 0 atom stereocenters. The Morgan fingerprint density at radius 2 is 1.86 bits per heavy atom. The molecule has 37 heavy (non-hydrogen) atoms. The molecule has 1 aliphatic heterocycles. The minimum atomic E-state index is -4.31. The third-order valence-corrected chi connectivity index (χ3v) is 7.82. The van der Waals surface area contributed by atoms with E-state index in [1.54, 1.807) is 6.07 Å². The van der Waals surface area contributed by atoms with Crippen molar-refractivity contribution >= 4 is 54.4 Å². The monoisotopic (exact) mass is 565 g/mol. The van der Waals surface area contributed by atoms with Gasteiger partial charge in [-0.05, 0) is 48.0 Å². The standard InChI is InChI=1S/C22H17ClFN5O6S2/c1-36(32,33)26-13-5-7-16-18(10-13)37(34,35)27-21(25-16)19-20(30)17-3-2-8-28(17)29(22(19)31)11-12-4-6-15(24)14(23)9-12/h2-10,25-27H,11H2,1H3. The summed E-state index contributed by atoms with van der Waals surface area (Å²) in [4.78, 5) is 26.5. The van der Waals surface area contributed by atoms with E-state index < -0.39 is 42.1 Å². The van der Waals surface area contributed by atoms with Gasteiger partial charge in [0, 0.05) is 11.9 Å². The molecule has 0 radical (unpaired) electrons. The summed E-state index contributed by atoms with van der Waals surface area (Å²) in [5, 5.41) is 2.15. The zero-order valence-corrected chi connectivity index (χ0v) is 21.2. The van der Waals surface area contributed by atoms with Gasteiger partial charge in [-0.1, -0.05) is 17.7 Å². The topological polar surface area (TPSA) is 148 Å². The number of benzene rings is 2. The van der Waals surface area contributed by atoms with Crippen LogP contribution in [0.3, 0.4) is 0 Å². The van der Waals surface area contributed by atoms with Crippen LogP contribution in [0, 0.1) is 5.82 Å². The highest BCUT2D eigenvalue weighted by atomic mass is 35.5. The average molecular weight is 566 g/mol. The van der Waals surface area contributed by atoms with Crippen LogP contribution in [0.2, 0.25) is 5.02 Å². The summed E-state index contributed by atoms with van der Waals surface area (Å²) in [7, 11) is -7.97. The van der Waals surface area contributed by atoms with E-state index in [-0.39, 0.29) is 39.2 Å². The molecule has 2 aromatic carbocycles. The Bertz CT molecular complexity index is 2010. The predicted octanol–water partition coefficient (Wildman–Crippen LogP) is 0.862. The number of nitrogens with zero attached hydrogens (tertiary/aromatic N) is 2. The first-order chi connectivity index (χ1) is 17.3. The van der Waals surface area contributed by atoms with Crippen LogP contribution in [0.25, 0.3) is 11.3 Å². The highest BCUT2D eigenvalue weighted by molar-refractivity contribution is 7.92. The molecule has 0 spiro atoms. The Kier molecular flexibility index (Phi) is 5.77. The molecule has 5 rings (SSSR count). The van der Waals surface area contributed by atoms with E-state index in [2.05, 4.69) is 14.8 Å². The molecule has 2 aromatic heterocycles. The second kappa shape index (κ2) is 8.61. The van der Waals surface area contributed by atoms with Crippen molar-refractivity contribution in [1.82, 2.24) is 13.9 Å². The third-order valence-electron chi connectivity index (χ3n) is 5.53. The summed E-state index contributed by atoms with van der Waals surface area (Å²) < 4.78 is 69.7. The lowest BCUT2D eigenvalue weighted by atomic mass is 10.2. The number of hydrogen-bond acceptors (Lipinski definition) is 7. The fourth-order valence-electron chi connectivity index (χ4n) is 3.98. The molecule has 1 aliphatic rings. The summed E-state index contributed by atoms with van der Waals surface area (Å²) in [6.07, 6.45) is 2.41. The van der Waals surface area contributed by atoms with Crippen LogP contribution in [-0.4, -0.2) is 32.3 Å². The molecule has 0 bridgehead atoms. The summed E-state index contributed by atoms with van der Waals surface area (Å²) in [5.41, 5.74) is -0.957. The van der Waals surface area contributed by atoms with Crippen molar-refractivity contribution in [2.75, 3.05) is 16.3 Å². The normalized spacial score (nSPS) is 16.1. The van der Waals surface area contributed by atoms with Crippen LogP contribution in [0.5, 0.6) is 0 Å². The van der Waals surface area contributed by atoms with Gasteiger partial charge in [0.15, 0.2) is 0 Å². The van der Waals surface area contributed by atoms with E-state index in [1.807, 2.05) is 0 Å². The fourth-order valence-corrected chi connectivity index (χ4v) is 5.96. The van der Waals surface area contributed by atoms with Crippen molar-refractivity contribution in [3.8, 4) is 0 Å². The van der Waals surface area contributed by atoms with Crippen LogP contribution in [0.4, 0.5) is 15.8 Å². The highest BCUT2D eigenvalue weighted by Gasteiger charge is 2.28. The molecule has 4 aromatic rings. The lowest BCUT2D eigenvalue weighted by molar-refractivity contribution is 0.586. The lowest BCUT2D eigenvalue weighted by Crippen LogP contribution is -2.52. The molecule has 0 aliphatic carbocycles. The number of fused-ring (bicyclic) bond motifs is 2. The van der Waals surface area contributed by atoms with E-state index in [0.717, 1.165) is 18.4 Å². The van der Waals surface area contributed by atoms with Gasteiger partial charge in [-0.3, -0.25) is 23.5 Å². The van der Waals surface area contributed by atoms with Crippen LogP contribution in [0.15, 0.2) is 69.2 Å². The Hall–Kier alpha value is -3.88. The van der Waals surface area contributed by atoms with Crippen LogP contribution in [-0.2, 0) is 26.6 Å². The molecule has 11 nitrogen and oxygen atoms in total. The molecule has 0 saturated carbocycles.